The Morgan fingerprint density at radius 3 is 1.78 bits per heavy atom. The van der Waals surface area contributed by atoms with Crippen molar-refractivity contribution in [2.24, 2.45) is 0 Å². The van der Waals surface area contributed by atoms with E-state index in [1.807, 2.05) is 0 Å². The molecule has 0 aromatic rings. The topological polar surface area (TPSA) is 73.2 Å². The maximum atomic E-state index is 11.9. The van der Waals surface area contributed by atoms with Crippen LogP contribution in [0.4, 0.5) is 4.79 Å². The fraction of sp³-hybridized carbons (Fsp3) is 0.944. The molecule has 4 bridgehead atoms. The first kappa shape index (κ1) is 21.7. The van der Waals surface area contributed by atoms with Crippen molar-refractivity contribution >= 4 is 40.9 Å². The molecule has 0 aromatic heterocycles. The van der Waals surface area contributed by atoms with E-state index in [-0.39, 0.29) is 30.9 Å². The molecule has 27 heavy (non-hydrogen) atoms. The lowest BCUT2D eigenvalue weighted by atomic mass is 10.0. The molecular weight excluding hydrogens is 415 g/mol. The summed E-state index contributed by atoms with van der Waals surface area (Å²) >= 11 is 16.6. The van der Waals surface area contributed by atoms with E-state index in [0.29, 0.717) is 24.9 Å². The zero-order valence-electron chi connectivity index (χ0n) is 15.6. The summed E-state index contributed by atoms with van der Waals surface area (Å²) < 4.78 is 3.39. The average Bonchev–Trinajstić information content (AvgIpc) is 2.95. The van der Waals surface area contributed by atoms with Gasteiger partial charge in [0, 0.05) is 24.2 Å². The average molecular weight is 444 g/mol. The second kappa shape index (κ2) is 8.80. The van der Waals surface area contributed by atoms with Crippen LogP contribution in [0.3, 0.4) is 0 Å². The van der Waals surface area contributed by atoms with Gasteiger partial charge in [-0.05, 0) is 58.4 Å². The number of carbonyl (C=O) groups excluding carboxylic acids is 1. The third-order valence-electron chi connectivity index (χ3n) is 6.35. The summed E-state index contributed by atoms with van der Waals surface area (Å²) in [6.45, 7) is -0.255. The minimum absolute atomic E-state index is 0.00583. The van der Waals surface area contributed by atoms with Crippen LogP contribution in [0.25, 0.3) is 0 Å². The van der Waals surface area contributed by atoms with Crippen molar-refractivity contribution < 1.29 is 19.7 Å². The Morgan fingerprint density at radius 1 is 0.926 bits per heavy atom. The van der Waals surface area contributed by atoms with Crippen molar-refractivity contribution in [3.8, 4) is 0 Å². The molecule has 4 fully saturated rings. The van der Waals surface area contributed by atoms with Gasteiger partial charge in [0.2, 0.25) is 3.79 Å². The Labute approximate surface area is 175 Å². The van der Waals surface area contributed by atoms with Crippen molar-refractivity contribution in [3.63, 3.8) is 0 Å². The molecular formula is C18H29Cl3N2O4. The highest BCUT2D eigenvalue weighted by atomic mass is 35.6. The fourth-order valence-corrected chi connectivity index (χ4v) is 5.21. The minimum Gasteiger partial charge on any atom is -0.445 e. The highest BCUT2D eigenvalue weighted by Gasteiger charge is 2.44. The van der Waals surface area contributed by atoms with Gasteiger partial charge in [0.25, 0.3) is 0 Å². The largest absolute Gasteiger partial charge is 0.445 e. The van der Waals surface area contributed by atoms with Gasteiger partial charge in [0.05, 0.1) is 12.2 Å². The van der Waals surface area contributed by atoms with Gasteiger partial charge in [-0.3, -0.25) is 0 Å². The van der Waals surface area contributed by atoms with Crippen molar-refractivity contribution in [2.45, 2.75) is 91.5 Å². The highest BCUT2D eigenvalue weighted by molar-refractivity contribution is 6.67. The van der Waals surface area contributed by atoms with Crippen molar-refractivity contribution in [2.75, 3.05) is 13.7 Å². The van der Waals surface area contributed by atoms with Crippen LogP contribution in [0.5, 0.6) is 0 Å². The van der Waals surface area contributed by atoms with Crippen LogP contribution in [-0.4, -0.2) is 79.9 Å². The summed E-state index contributed by atoms with van der Waals surface area (Å²) in [5, 5.41) is 19.0. The number of aliphatic hydroxyl groups excluding tert-OH is 2. The van der Waals surface area contributed by atoms with Crippen LogP contribution in [-0.2, 0) is 4.74 Å². The molecule has 4 saturated heterocycles. The number of fused-ring (bicyclic) bond motifs is 4. The second-order valence-corrected chi connectivity index (χ2v) is 10.8. The van der Waals surface area contributed by atoms with E-state index in [1.165, 1.54) is 12.8 Å². The Balaban J connectivity index is 0.000000177. The predicted octanol–water partition coefficient (Wildman–Crippen LogP) is 3.08. The number of hydrogen-bond donors (Lipinski definition) is 2. The summed E-state index contributed by atoms with van der Waals surface area (Å²) in [6.07, 6.45) is 6.89. The quantitative estimate of drug-likeness (QED) is 0.609. The maximum absolute atomic E-state index is 11.9. The first-order chi connectivity index (χ1) is 12.6. The molecule has 0 aromatic carbocycles. The van der Waals surface area contributed by atoms with Gasteiger partial charge in [0.15, 0.2) is 0 Å². The molecule has 4 heterocycles. The van der Waals surface area contributed by atoms with Crippen LogP contribution in [0.1, 0.15) is 51.4 Å². The molecule has 0 aliphatic carbocycles. The number of hydrogen-bond acceptors (Lipinski definition) is 5. The molecule has 1 amide bonds. The van der Waals surface area contributed by atoms with Crippen LogP contribution in [0.2, 0.25) is 0 Å². The standard InChI is InChI=1S/C10H14Cl3NO3.C8H15NO/c11-10(12,13)5-17-9(16)14-6-1-2-7(14)4-8(15)3-6;1-9-6-2-3-7(9)5-8(10)4-6/h6-8,15H,1-5H2;6-8,10H,2-5H2,1H3/t2*6-,7+,8?. The molecule has 0 spiro atoms. The van der Waals surface area contributed by atoms with Crippen molar-refractivity contribution in [1.29, 1.82) is 0 Å². The number of nitrogens with zero attached hydrogens (tertiary/aromatic N) is 2. The number of halogens is 3. The molecule has 9 heteroatoms. The van der Waals surface area contributed by atoms with Crippen molar-refractivity contribution in [3.05, 3.63) is 0 Å². The van der Waals surface area contributed by atoms with E-state index < -0.39 is 9.89 Å². The van der Waals surface area contributed by atoms with Gasteiger partial charge < -0.3 is 24.7 Å². The SMILES string of the molecule is CN1[C@@H]2CC[C@H]1CC(O)C2.O=C(OCC(Cl)(Cl)Cl)N1[C@@H]2CC[C@H]1CC(O)C2. The molecule has 0 saturated carbocycles. The first-order valence-electron chi connectivity index (χ1n) is 9.74. The Kier molecular flexibility index (Phi) is 7.08. The fourth-order valence-electron chi connectivity index (χ4n) is 5.05. The van der Waals surface area contributed by atoms with Crippen LogP contribution >= 0.6 is 34.8 Å². The molecule has 6 atom stereocenters. The van der Waals surface area contributed by atoms with Gasteiger partial charge in [-0.25, -0.2) is 4.79 Å². The number of aliphatic hydroxyl groups is 2. The minimum atomic E-state index is -1.58. The Hall–Kier alpha value is 0.0200. The number of rotatable bonds is 1. The number of amides is 1. The third-order valence-corrected chi connectivity index (χ3v) is 6.68. The summed E-state index contributed by atoms with van der Waals surface area (Å²) in [6, 6.07) is 1.50. The lowest BCUT2D eigenvalue weighted by molar-refractivity contribution is 0.0251. The van der Waals surface area contributed by atoms with Gasteiger partial charge in [-0.1, -0.05) is 34.8 Å². The predicted molar refractivity (Wildman–Crippen MR) is 105 cm³/mol. The molecule has 156 valence electrons. The second-order valence-electron chi connectivity index (χ2n) is 8.26. The van der Waals surface area contributed by atoms with Crippen LogP contribution < -0.4 is 0 Å². The van der Waals surface area contributed by atoms with E-state index >= 15 is 0 Å². The molecule has 6 nitrogen and oxygen atoms in total. The Bertz CT molecular complexity index is 505. The summed E-state index contributed by atoms with van der Waals surface area (Å²) in [7, 11) is 2.19. The van der Waals surface area contributed by atoms with E-state index in [1.54, 1.807) is 4.90 Å². The first-order valence-corrected chi connectivity index (χ1v) is 10.9. The summed E-state index contributed by atoms with van der Waals surface area (Å²) in [5.74, 6) is 0. The van der Waals surface area contributed by atoms with Gasteiger partial charge in [0.1, 0.15) is 6.61 Å². The van der Waals surface area contributed by atoms with Gasteiger partial charge in [-0.2, -0.15) is 0 Å². The normalized spacial score (nSPS) is 38.4. The molecule has 4 rings (SSSR count). The third kappa shape index (κ3) is 5.55. The van der Waals surface area contributed by atoms with E-state index in [4.69, 9.17) is 39.5 Å². The maximum Gasteiger partial charge on any atom is 0.410 e. The molecule has 2 unspecified atom stereocenters. The van der Waals surface area contributed by atoms with Gasteiger partial charge in [-0.15, -0.1) is 0 Å². The number of carbonyl (C=O) groups is 1. The van der Waals surface area contributed by atoms with Crippen LogP contribution in [0.15, 0.2) is 0 Å². The zero-order chi connectivity index (χ0) is 19.8. The highest BCUT2D eigenvalue weighted by Crippen LogP contribution is 2.37. The number of ether oxygens (including phenoxy) is 1. The molecule has 4 aliphatic rings. The molecule has 4 aliphatic heterocycles. The Morgan fingerprint density at radius 2 is 1.33 bits per heavy atom. The van der Waals surface area contributed by atoms with E-state index in [9.17, 15) is 15.0 Å². The monoisotopic (exact) mass is 442 g/mol. The van der Waals surface area contributed by atoms with E-state index in [0.717, 1.165) is 25.7 Å². The summed E-state index contributed by atoms with van der Waals surface area (Å²) in [4.78, 5) is 16.0. The lowest BCUT2D eigenvalue weighted by Gasteiger charge is -2.36. The smallest absolute Gasteiger partial charge is 0.410 e. The van der Waals surface area contributed by atoms with E-state index in [2.05, 4.69) is 11.9 Å². The zero-order valence-corrected chi connectivity index (χ0v) is 17.8. The molecule has 0 radical (unpaired) electrons. The summed E-state index contributed by atoms with van der Waals surface area (Å²) in [5.41, 5.74) is 0. The van der Waals surface area contributed by atoms with Crippen molar-refractivity contribution in [1.82, 2.24) is 9.80 Å². The number of alkyl halides is 3. The molecule has 2 N–H and O–H groups in total. The number of piperidine rings is 2. The van der Waals surface area contributed by atoms with Gasteiger partial charge >= 0.3 is 6.09 Å². The van der Waals surface area contributed by atoms with Crippen LogP contribution in [0, 0.1) is 0 Å². The lowest BCUT2D eigenvalue weighted by Crippen LogP contribution is -2.48.